The monoisotopic (exact) mass is 251 g/mol. The minimum atomic E-state index is 0.728. The topological polar surface area (TPSA) is 18.5 Å². The van der Waals surface area contributed by atoms with Crippen molar-refractivity contribution in [1.29, 1.82) is 0 Å². The average molecular weight is 251 g/mol. The first-order valence-electron chi connectivity index (χ1n) is 7.84. The molecule has 0 aromatic carbocycles. The van der Waals surface area contributed by atoms with Crippen LogP contribution in [0.2, 0.25) is 0 Å². The summed E-state index contributed by atoms with van der Waals surface area (Å²) in [5.41, 5.74) is 0. The number of piperidine rings is 1. The zero-order valence-corrected chi connectivity index (χ0v) is 12.2. The molecule has 0 radical (unpaired) electrons. The minimum absolute atomic E-state index is 0.728. The van der Waals surface area contributed by atoms with E-state index in [9.17, 15) is 0 Å². The van der Waals surface area contributed by atoms with Gasteiger partial charge in [0.15, 0.2) is 0 Å². The van der Waals surface area contributed by atoms with Crippen LogP contribution in [0.15, 0.2) is 0 Å². The van der Waals surface area contributed by atoms with Gasteiger partial charge in [-0.05, 0) is 59.5 Å². The van der Waals surface area contributed by atoms with E-state index in [2.05, 4.69) is 36.1 Å². The minimum Gasteiger partial charge on any atom is -0.317 e. The van der Waals surface area contributed by atoms with Gasteiger partial charge in [0.2, 0.25) is 0 Å². The molecule has 2 saturated heterocycles. The molecule has 0 spiro atoms. The van der Waals surface area contributed by atoms with Crippen LogP contribution in [-0.4, -0.2) is 60.6 Å². The van der Waals surface area contributed by atoms with E-state index in [1.165, 1.54) is 45.1 Å². The maximum Gasteiger partial charge on any atom is 0.0195 e. The van der Waals surface area contributed by atoms with Gasteiger partial charge in [-0.3, -0.25) is 9.80 Å². The highest BCUT2D eigenvalue weighted by atomic mass is 15.3. The Kier molecular flexibility index (Phi) is 3.65. The molecular weight excluding hydrogens is 222 g/mol. The number of hydrogen-bond acceptors (Lipinski definition) is 3. The maximum atomic E-state index is 3.49. The summed E-state index contributed by atoms with van der Waals surface area (Å²) in [4.78, 5) is 5.45. The second-order valence-electron chi connectivity index (χ2n) is 6.78. The molecule has 2 aliphatic heterocycles. The van der Waals surface area contributed by atoms with Gasteiger partial charge in [0.1, 0.15) is 0 Å². The van der Waals surface area contributed by atoms with Crippen molar-refractivity contribution in [3.8, 4) is 0 Å². The van der Waals surface area contributed by atoms with E-state index in [1.54, 1.807) is 0 Å². The molecule has 2 heterocycles. The van der Waals surface area contributed by atoms with Crippen LogP contribution < -0.4 is 5.32 Å². The summed E-state index contributed by atoms with van der Waals surface area (Å²) < 4.78 is 0. The fourth-order valence-electron chi connectivity index (χ4n) is 4.08. The van der Waals surface area contributed by atoms with Gasteiger partial charge in [0.25, 0.3) is 0 Å². The van der Waals surface area contributed by atoms with Crippen LogP contribution in [0.25, 0.3) is 0 Å². The van der Waals surface area contributed by atoms with Crippen molar-refractivity contribution in [3.05, 3.63) is 0 Å². The summed E-state index contributed by atoms with van der Waals surface area (Å²) in [7, 11) is 4.45. The maximum absolute atomic E-state index is 3.49. The van der Waals surface area contributed by atoms with Crippen molar-refractivity contribution >= 4 is 0 Å². The van der Waals surface area contributed by atoms with Gasteiger partial charge in [0.05, 0.1) is 0 Å². The van der Waals surface area contributed by atoms with Crippen LogP contribution in [0, 0.1) is 0 Å². The van der Waals surface area contributed by atoms with Gasteiger partial charge in [0, 0.05) is 36.8 Å². The van der Waals surface area contributed by atoms with Crippen molar-refractivity contribution in [2.45, 2.75) is 75.7 Å². The van der Waals surface area contributed by atoms with E-state index in [0.717, 1.165) is 30.2 Å². The predicted octanol–water partition coefficient (Wildman–Crippen LogP) is 1.68. The second kappa shape index (κ2) is 5.10. The molecule has 3 rings (SSSR count). The normalized spacial score (nSPS) is 38.3. The SMILES string of the molecule is CNC1CC2CCC(C1)N2CC(C)N(C)C1CC1. The highest BCUT2D eigenvalue weighted by molar-refractivity contribution is 4.98. The standard InChI is InChI=1S/C15H29N3/c1-11(17(3)13-4-5-13)10-18-14-6-7-15(18)9-12(8-14)16-2/h11-16H,4-10H2,1-3H3. The van der Waals surface area contributed by atoms with Gasteiger partial charge in [-0.2, -0.15) is 0 Å². The molecule has 0 aromatic rings. The molecule has 1 N–H and O–H groups in total. The lowest BCUT2D eigenvalue weighted by Gasteiger charge is -2.41. The first-order chi connectivity index (χ1) is 8.69. The van der Waals surface area contributed by atoms with E-state index in [0.29, 0.717) is 0 Å². The summed E-state index contributed by atoms with van der Waals surface area (Å²) in [6, 6.07) is 4.11. The predicted molar refractivity (Wildman–Crippen MR) is 75.8 cm³/mol. The van der Waals surface area contributed by atoms with E-state index >= 15 is 0 Å². The van der Waals surface area contributed by atoms with Gasteiger partial charge in [-0.15, -0.1) is 0 Å². The number of nitrogens with one attached hydrogen (secondary N) is 1. The van der Waals surface area contributed by atoms with Crippen LogP contribution in [0.3, 0.4) is 0 Å². The molecule has 3 atom stereocenters. The lowest BCUT2D eigenvalue weighted by Crippen LogP contribution is -2.52. The Morgan fingerprint density at radius 3 is 2.28 bits per heavy atom. The Labute approximate surface area is 112 Å². The Morgan fingerprint density at radius 2 is 1.78 bits per heavy atom. The molecule has 3 fully saturated rings. The van der Waals surface area contributed by atoms with E-state index in [-0.39, 0.29) is 0 Å². The quantitative estimate of drug-likeness (QED) is 0.802. The molecule has 18 heavy (non-hydrogen) atoms. The van der Waals surface area contributed by atoms with E-state index in [1.807, 2.05) is 0 Å². The van der Waals surface area contributed by atoms with Crippen LogP contribution in [0.5, 0.6) is 0 Å². The molecule has 3 aliphatic rings. The third kappa shape index (κ3) is 2.45. The van der Waals surface area contributed by atoms with Crippen molar-refractivity contribution in [1.82, 2.24) is 15.1 Å². The summed E-state index contributed by atoms with van der Waals surface area (Å²) in [5, 5.41) is 3.49. The summed E-state index contributed by atoms with van der Waals surface area (Å²) in [6.07, 6.45) is 8.45. The number of rotatable bonds is 5. The molecule has 0 aromatic heterocycles. The summed E-state index contributed by atoms with van der Waals surface area (Å²) >= 11 is 0. The van der Waals surface area contributed by atoms with Gasteiger partial charge in [-0.25, -0.2) is 0 Å². The van der Waals surface area contributed by atoms with Crippen molar-refractivity contribution in [3.63, 3.8) is 0 Å². The molecular formula is C15H29N3. The van der Waals surface area contributed by atoms with Gasteiger partial charge >= 0.3 is 0 Å². The first-order valence-corrected chi connectivity index (χ1v) is 7.84. The van der Waals surface area contributed by atoms with Crippen LogP contribution >= 0.6 is 0 Å². The molecule has 1 aliphatic carbocycles. The molecule has 0 amide bonds. The lowest BCUT2D eigenvalue weighted by molar-refractivity contribution is 0.0823. The number of hydrogen-bond donors (Lipinski definition) is 1. The Morgan fingerprint density at radius 1 is 1.17 bits per heavy atom. The first kappa shape index (κ1) is 12.9. The molecule has 2 bridgehead atoms. The zero-order valence-electron chi connectivity index (χ0n) is 12.2. The summed E-state index contributed by atoms with van der Waals surface area (Å²) in [6.45, 7) is 3.71. The van der Waals surface area contributed by atoms with Gasteiger partial charge in [-0.1, -0.05) is 0 Å². The smallest absolute Gasteiger partial charge is 0.0195 e. The highest BCUT2D eigenvalue weighted by Gasteiger charge is 2.41. The highest BCUT2D eigenvalue weighted by Crippen LogP contribution is 2.36. The van der Waals surface area contributed by atoms with Crippen molar-refractivity contribution < 1.29 is 0 Å². The van der Waals surface area contributed by atoms with Crippen LogP contribution in [-0.2, 0) is 0 Å². The number of fused-ring (bicyclic) bond motifs is 2. The molecule has 3 nitrogen and oxygen atoms in total. The third-order valence-electron chi connectivity index (χ3n) is 5.59. The fraction of sp³-hybridized carbons (Fsp3) is 1.00. The van der Waals surface area contributed by atoms with Crippen LogP contribution in [0.1, 0.15) is 45.4 Å². The third-order valence-corrected chi connectivity index (χ3v) is 5.59. The summed E-state index contributed by atoms with van der Waals surface area (Å²) in [5.74, 6) is 0. The van der Waals surface area contributed by atoms with Crippen LogP contribution in [0.4, 0.5) is 0 Å². The van der Waals surface area contributed by atoms with E-state index in [4.69, 9.17) is 0 Å². The number of likely N-dealkylation sites (N-methyl/N-ethyl adjacent to an activating group) is 1. The molecule has 1 saturated carbocycles. The van der Waals surface area contributed by atoms with Crippen molar-refractivity contribution in [2.24, 2.45) is 0 Å². The zero-order chi connectivity index (χ0) is 12.7. The fourth-order valence-corrected chi connectivity index (χ4v) is 4.08. The molecule has 104 valence electrons. The van der Waals surface area contributed by atoms with E-state index < -0.39 is 0 Å². The largest absolute Gasteiger partial charge is 0.317 e. The van der Waals surface area contributed by atoms with Crippen molar-refractivity contribution in [2.75, 3.05) is 20.6 Å². The second-order valence-corrected chi connectivity index (χ2v) is 6.78. The average Bonchev–Trinajstić information content (AvgIpc) is 3.18. The molecule has 3 unspecified atom stereocenters. The Hall–Kier alpha value is -0.120. The molecule has 3 heteroatoms. The number of nitrogens with zero attached hydrogens (tertiary/aromatic N) is 2. The Balaban J connectivity index is 1.56. The Bertz CT molecular complexity index is 275. The van der Waals surface area contributed by atoms with Gasteiger partial charge < -0.3 is 5.32 Å². The lowest BCUT2D eigenvalue weighted by atomic mass is 9.97.